The van der Waals surface area contributed by atoms with Crippen LogP contribution in [0.4, 0.5) is 4.79 Å². The summed E-state index contributed by atoms with van der Waals surface area (Å²) >= 11 is 3.88. The lowest BCUT2D eigenvalue weighted by atomic mass is 9.44. The molecule has 4 rings (SSSR count). The summed E-state index contributed by atoms with van der Waals surface area (Å²) in [6, 6.07) is 0. The number of thiol groups is 1. The van der Waals surface area contributed by atoms with Gasteiger partial charge >= 0.3 is 5.30 Å². The molecule has 4 aliphatic rings. The van der Waals surface area contributed by atoms with Crippen LogP contribution in [0, 0.1) is 58.2 Å². The van der Waals surface area contributed by atoms with E-state index >= 15 is 0 Å². The number of fused-ring (bicyclic) bond motifs is 5. The van der Waals surface area contributed by atoms with Gasteiger partial charge in [0.2, 0.25) is 0 Å². The van der Waals surface area contributed by atoms with E-state index in [0.29, 0.717) is 10.8 Å². The molecule has 2 nitrogen and oxygen atoms in total. The number of ether oxygens (including phenoxy) is 1. The Morgan fingerprint density at radius 3 is 2.30 bits per heavy atom. The third-order valence-corrected chi connectivity index (χ3v) is 12.2. The lowest BCUT2D eigenvalue weighted by Crippen LogP contribution is -2.54. The molecule has 0 amide bonds. The average molecular weight is 477 g/mol. The molecule has 4 fully saturated rings. The van der Waals surface area contributed by atoms with Gasteiger partial charge in [-0.1, -0.05) is 67.0 Å². The maximum atomic E-state index is 11.4. The van der Waals surface area contributed by atoms with Gasteiger partial charge in [-0.15, -0.1) is 0 Å². The molecule has 3 heteroatoms. The molecule has 0 N–H and O–H groups in total. The molecule has 33 heavy (non-hydrogen) atoms. The highest BCUT2D eigenvalue weighted by Crippen LogP contribution is 2.68. The van der Waals surface area contributed by atoms with Crippen LogP contribution in [0.25, 0.3) is 0 Å². The fourth-order valence-corrected chi connectivity index (χ4v) is 10.3. The molecular weight excluding hydrogens is 424 g/mol. The molecule has 0 radical (unpaired) electrons. The predicted molar refractivity (Wildman–Crippen MR) is 141 cm³/mol. The van der Waals surface area contributed by atoms with Gasteiger partial charge in [-0.2, -0.15) is 0 Å². The van der Waals surface area contributed by atoms with E-state index < -0.39 is 5.30 Å². The Balaban J connectivity index is 1.42. The van der Waals surface area contributed by atoms with Crippen LogP contribution in [-0.4, -0.2) is 11.4 Å². The van der Waals surface area contributed by atoms with Crippen LogP contribution >= 0.6 is 12.6 Å². The van der Waals surface area contributed by atoms with E-state index in [1.165, 1.54) is 64.2 Å². The molecule has 10 unspecified atom stereocenters. The molecule has 190 valence electrons. The zero-order chi connectivity index (χ0) is 24.0. The molecule has 0 bridgehead atoms. The number of hydrogen-bond acceptors (Lipinski definition) is 2. The van der Waals surface area contributed by atoms with Crippen molar-refractivity contribution in [2.75, 3.05) is 0 Å². The van der Waals surface area contributed by atoms with Crippen LogP contribution in [-0.2, 0) is 4.74 Å². The maximum Gasteiger partial charge on any atom is 0.364 e. The first-order chi connectivity index (χ1) is 15.6. The third-order valence-electron chi connectivity index (χ3n) is 12.1. The van der Waals surface area contributed by atoms with E-state index in [0.717, 1.165) is 60.2 Å². The minimum absolute atomic E-state index is 0.105. The Bertz CT molecular complexity index is 691. The molecule has 4 saturated carbocycles. The Morgan fingerprint density at radius 2 is 1.64 bits per heavy atom. The molecule has 4 aliphatic carbocycles. The van der Waals surface area contributed by atoms with Crippen molar-refractivity contribution in [3.8, 4) is 0 Å². The highest BCUT2D eigenvalue weighted by Gasteiger charge is 2.60. The van der Waals surface area contributed by atoms with E-state index in [2.05, 4.69) is 54.2 Å². The molecule has 0 spiro atoms. The smallest absolute Gasteiger partial charge is 0.364 e. The zero-order valence-electron chi connectivity index (χ0n) is 22.4. The second-order valence-corrected chi connectivity index (χ2v) is 14.0. The highest BCUT2D eigenvalue weighted by atomic mass is 32.1. The van der Waals surface area contributed by atoms with Gasteiger partial charge in [0.05, 0.1) is 0 Å². The minimum atomic E-state index is -0.393. The molecule has 0 aliphatic heterocycles. The lowest BCUT2D eigenvalue weighted by Gasteiger charge is -2.61. The fourth-order valence-electron chi connectivity index (χ4n) is 10.1. The van der Waals surface area contributed by atoms with Crippen molar-refractivity contribution < 1.29 is 9.53 Å². The SMILES string of the molecule is CCC(CCC(C)C1CCC2C3CCC4CC(OC(=O)S)CCC4(C)C3CCC12C)C(C)C. The van der Waals surface area contributed by atoms with Crippen LogP contribution in [0.3, 0.4) is 0 Å². The Hall–Kier alpha value is -0.180. The van der Waals surface area contributed by atoms with E-state index in [1.807, 2.05) is 0 Å². The van der Waals surface area contributed by atoms with Crippen LogP contribution in [0.5, 0.6) is 0 Å². The molecule has 0 heterocycles. The van der Waals surface area contributed by atoms with Crippen LogP contribution in [0.2, 0.25) is 0 Å². The van der Waals surface area contributed by atoms with Gasteiger partial charge in [-0.3, -0.25) is 0 Å². The standard InChI is InChI=1S/C30H52O2S/c1-7-21(19(2)3)9-8-20(4)25-12-13-26-24-11-10-22-18-23(32-28(31)33)14-16-29(22,5)27(24)15-17-30(25,26)6/h19-27H,7-18H2,1-6H3,(H,31,33). The summed E-state index contributed by atoms with van der Waals surface area (Å²) in [4.78, 5) is 11.4. The summed E-state index contributed by atoms with van der Waals surface area (Å²) in [5.41, 5.74) is 1.03. The Morgan fingerprint density at radius 1 is 0.939 bits per heavy atom. The lowest BCUT2D eigenvalue weighted by molar-refractivity contribution is -0.128. The summed E-state index contributed by atoms with van der Waals surface area (Å²) in [5, 5.41) is -0.393. The second-order valence-electron chi connectivity index (χ2n) is 13.6. The van der Waals surface area contributed by atoms with Crippen molar-refractivity contribution in [2.45, 2.75) is 125 Å². The molecular formula is C30H52O2S. The van der Waals surface area contributed by atoms with E-state index in [9.17, 15) is 4.79 Å². The first-order valence-corrected chi connectivity index (χ1v) is 14.9. The Kier molecular flexibility index (Phi) is 7.89. The summed E-state index contributed by atoms with van der Waals surface area (Å²) < 4.78 is 5.53. The monoisotopic (exact) mass is 476 g/mol. The fraction of sp³-hybridized carbons (Fsp3) is 0.967. The largest absolute Gasteiger partial charge is 0.454 e. The van der Waals surface area contributed by atoms with E-state index in [-0.39, 0.29) is 6.10 Å². The third kappa shape index (κ3) is 4.79. The minimum Gasteiger partial charge on any atom is -0.454 e. The highest BCUT2D eigenvalue weighted by molar-refractivity contribution is 7.96. The van der Waals surface area contributed by atoms with Gasteiger partial charge in [-0.05, 0) is 122 Å². The van der Waals surface area contributed by atoms with E-state index in [1.54, 1.807) is 0 Å². The van der Waals surface area contributed by atoms with Gasteiger partial charge in [0.25, 0.3) is 0 Å². The van der Waals surface area contributed by atoms with Crippen LogP contribution in [0.1, 0.15) is 119 Å². The molecule has 0 aromatic carbocycles. The Labute approximate surface area is 210 Å². The topological polar surface area (TPSA) is 26.3 Å². The summed E-state index contributed by atoms with van der Waals surface area (Å²) in [6.45, 7) is 15.1. The zero-order valence-corrected chi connectivity index (χ0v) is 23.3. The first kappa shape index (κ1) is 25.9. The quantitative estimate of drug-likeness (QED) is 0.293. The number of carbonyl (C=O) groups excluding carboxylic acids is 1. The normalized spacial score (nSPS) is 44.5. The van der Waals surface area contributed by atoms with Crippen molar-refractivity contribution in [3.05, 3.63) is 0 Å². The second kappa shape index (κ2) is 10.1. The van der Waals surface area contributed by atoms with Gasteiger partial charge in [0.1, 0.15) is 6.10 Å². The van der Waals surface area contributed by atoms with Gasteiger partial charge in [0, 0.05) is 0 Å². The number of rotatable bonds is 7. The van der Waals surface area contributed by atoms with Crippen LogP contribution in [0.15, 0.2) is 0 Å². The maximum absolute atomic E-state index is 11.4. The van der Waals surface area contributed by atoms with Gasteiger partial charge in [0.15, 0.2) is 0 Å². The van der Waals surface area contributed by atoms with Crippen LogP contribution < -0.4 is 0 Å². The van der Waals surface area contributed by atoms with Gasteiger partial charge in [-0.25, -0.2) is 4.79 Å². The number of hydrogen-bond donors (Lipinski definition) is 1. The van der Waals surface area contributed by atoms with Crippen molar-refractivity contribution in [1.82, 2.24) is 0 Å². The molecule has 10 atom stereocenters. The molecule has 0 aromatic heterocycles. The summed E-state index contributed by atoms with van der Waals surface area (Å²) in [6.07, 6.45) is 16.3. The van der Waals surface area contributed by atoms with Gasteiger partial charge < -0.3 is 4.74 Å². The summed E-state index contributed by atoms with van der Waals surface area (Å²) in [5.74, 6) is 7.04. The predicted octanol–water partition coefficient (Wildman–Crippen LogP) is 9.18. The first-order valence-electron chi connectivity index (χ1n) is 14.5. The van der Waals surface area contributed by atoms with Crippen molar-refractivity contribution in [1.29, 1.82) is 0 Å². The number of carbonyl (C=O) groups is 1. The van der Waals surface area contributed by atoms with Crippen molar-refractivity contribution in [2.24, 2.45) is 58.2 Å². The van der Waals surface area contributed by atoms with E-state index in [4.69, 9.17) is 4.74 Å². The summed E-state index contributed by atoms with van der Waals surface area (Å²) in [7, 11) is 0. The van der Waals surface area contributed by atoms with Crippen molar-refractivity contribution >= 4 is 17.9 Å². The molecule has 0 saturated heterocycles. The molecule has 0 aromatic rings. The average Bonchev–Trinajstić information content (AvgIpc) is 3.11. The van der Waals surface area contributed by atoms with Crippen molar-refractivity contribution in [3.63, 3.8) is 0 Å².